The van der Waals surface area contributed by atoms with Crippen LogP contribution in [0.3, 0.4) is 0 Å². The summed E-state index contributed by atoms with van der Waals surface area (Å²) in [5.74, 6) is -0.735. The maximum atomic E-state index is 12.2. The average molecular weight is 272 g/mol. The number of carbonyl (C=O) groups is 1. The molecule has 2 aromatic rings. The van der Waals surface area contributed by atoms with Crippen molar-refractivity contribution in [1.29, 1.82) is 0 Å². The van der Waals surface area contributed by atoms with Crippen molar-refractivity contribution in [3.05, 3.63) is 53.6 Å². The quantitative estimate of drug-likeness (QED) is 0.736. The van der Waals surface area contributed by atoms with Crippen molar-refractivity contribution in [2.75, 3.05) is 0 Å². The predicted octanol–water partition coefficient (Wildman–Crippen LogP) is 1.78. The molecule has 5 nitrogen and oxygen atoms in total. The van der Waals surface area contributed by atoms with Gasteiger partial charge in [-0.15, -0.1) is 0 Å². The van der Waals surface area contributed by atoms with Gasteiger partial charge in [-0.3, -0.25) is 4.79 Å². The van der Waals surface area contributed by atoms with E-state index in [2.05, 4.69) is 0 Å². The third-order valence-electron chi connectivity index (χ3n) is 3.30. The minimum absolute atomic E-state index is 0.0355. The molecule has 3 N–H and O–H groups in total. The molecule has 0 saturated heterocycles. The molecule has 0 radical (unpaired) electrons. The summed E-state index contributed by atoms with van der Waals surface area (Å²) in [6.45, 7) is 0. The van der Waals surface area contributed by atoms with Gasteiger partial charge in [-0.25, -0.2) is 0 Å². The van der Waals surface area contributed by atoms with Crippen LogP contribution in [0, 0.1) is 0 Å². The number of aromatic hydroxyl groups is 2. The molecule has 0 saturated carbocycles. The minimum Gasteiger partial charge on any atom is -0.508 e. The van der Waals surface area contributed by atoms with E-state index in [1.165, 1.54) is 18.2 Å². The first-order chi connectivity index (χ1) is 9.59. The van der Waals surface area contributed by atoms with Crippen molar-refractivity contribution in [1.82, 2.24) is 0 Å². The number of Topliss-reactive ketones (excluding diaryl/α,β-unsaturated/α-hetero) is 1. The van der Waals surface area contributed by atoms with Crippen LogP contribution >= 0.6 is 0 Å². The second-order valence-corrected chi connectivity index (χ2v) is 4.56. The number of aliphatic hydroxyl groups excluding tert-OH is 1. The normalized spacial score (nSPS) is 21.1. The third-order valence-corrected chi connectivity index (χ3v) is 3.30. The lowest BCUT2D eigenvalue weighted by Gasteiger charge is -2.30. The summed E-state index contributed by atoms with van der Waals surface area (Å²) in [6, 6.07) is 10.8. The van der Waals surface area contributed by atoms with Gasteiger partial charge >= 0.3 is 0 Å². The molecular weight excluding hydrogens is 260 g/mol. The second kappa shape index (κ2) is 4.54. The van der Waals surface area contributed by atoms with Gasteiger partial charge in [0.1, 0.15) is 22.8 Å². The number of rotatable bonds is 1. The van der Waals surface area contributed by atoms with Gasteiger partial charge in [0.2, 0.25) is 5.78 Å². The molecule has 102 valence electrons. The molecule has 1 aliphatic heterocycles. The van der Waals surface area contributed by atoms with E-state index in [0.29, 0.717) is 5.56 Å². The minimum atomic E-state index is -1.48. The van der Waals surface area contributed by atoms with Crippen LogP contribution in [-0.4, -0.2) is 27.2 Å². The summed E-state index contributed by atoms with van der Waals surface area (Å²) in [7, 11) is 0. The van der Waals surface area contributed by atoms with Gasteiger partial charge in [0.15, 0.2) is 12.2 Å². The number of hydrogen-bond donors (Lipinski definition) is 3. The molecule has 0 fully saturated rings. The number of carbonyl (C=O) groups excluding carboxylic acids is 1. The molecule has 0 bridgehead atoms. The van der Waals surface area contributed by atoms with Crippen molar-refractivity contribution >= 4 is 5.78 Å². The average Bonchev–Trinajstić information content (AvgIpc) is 2.43. The molecule has 0 aliphatic carbocycles. The monoisotopic (exact) mass is 272 g/mol. The van der Waals surface area contributed by atoms with E-state index in [1.807, 2.05) is 0 Å². The van der Waals surface area contributed by atoms with Crippen molar-refractivity contribution < 1.29 is 24.9 Å². The fourth-order valence-corrected chi connectivity index (χ4v) is 2.31. The zero-order valence-electron chi connectivity index (χ0n) is 10.4. The molecule has 0 aromatic heterocycles. The highest BCUT2D eigenvalue weighted by Gasteiger charge is 2.39. The summed E-state index contributed by atoms with van der Waals surface area (Å²) in [5, 5.41) is 29.6. The third kappa shape index (κ3) is 1.80. The predicted molar refractivity (Wildman–Crippen MR) is 69.9 cm³/mol. The van der Waals surface area contributed by atoms with Crippen molar-refractivity contribution in [2.24, 2.45) is 0 Å². The van der Waals surface area contributed by atoms with Gasteiger partial charge in [-0.2, -0.15) is 0 Å². The van der Waals surface area contributed by atoms with Crippen molar-refractivity contribution in [3.8, 4) is 17.2 Å². The van der Waals surface area contributed by atoms with Gasteiger partial charge in [-0.1, -0.05) is 24.3 Å². The number of para-hydroxylation sites is 1. The first-order valence-corrected chi connectivity index (χ1v) is 6.08. The Hall–Kier alpha value is -2.53. The van der Waals surface area contributed by atoms with Crippen molar-refractivity contribution in [3.63, 3.8) is 0 Å². The van der Waals surface area contributed by atoms with Crippen LogP contribution in [0.1, 0.15) is 22.0 Å². The maximum absolute atomic E-state index is 12.2. The number of phenolic OH excluding ortho intramolecular Hbond substituents is 2. The van der Waals surface area contributed by atoms with E-state index in [-0.39, 0.29) is 22.8 Å². The van der Waals surface area contributed by atoms with Gasteiger partial charge in [-0.05, 0) is 18.2 Å². The first kappa shape index (κ1) is 12.5. The molecular formula is C15H12O5. The number of benzene rings is 2. The zero-order chi connectivity index (χ0) is 14.3. The topological polar surface area (TPSA) is 87.0 Å². The summed E-state index contributed by atoms with van der Waals surface area (Å²) in [4.78, 5) is 12.2. The van der Waals surface area contributed by atoms with Crippen molar-refractivity contribution in [2.45, 2.75) is 12.2 Å². The fourth-order valence-electron chi connectivity index (χ4n) is 2.31. The molecule has 0 amide bonds. The van der Waals surface area contributed by atoms with Crippen LogP contribution in [0.15, 0.2) is 42.5 Å². The van der Waals surface area contributed by atoms with Crippen LogP contribution in [0.25, 0.3) is 0 Å². The van der Waals surface area contributed by atoms with E-state index >= 15 is 0 Å². The van der Waals surface area contributed by atoms with E-state index in [9.17, 15) is 20.1 Å². The molecule has 2 aromatic carbocycles. The Kier molecular flexibility index (Phi) is 2.84. The Morgan fingerprint density at radius 2 is 1.65 bits per heavy atom. The Bertz CT molecular complexity index is 680. The van der Waals surface area contributed by atoms with E-state index in [0.717, 1.165) is 0 Å². The molecule has 0 spiro atoms. The Labute approximate surface area is 114 Å². The number of aliphatic hydroxyl groups is 1. The van der Waals surface area contributed by atoms with Crippen LogP contribution in [0.4, 0.5) is 0 Å². The van der Waals surface area contributed by atoms with Crippen LogP contribution in [0.2, 0.25) is 0 Å². The highest BCUT2D eigenvalue weighted by molar-refractivity contribution is 6.05. The maximum Gasteiger partial charge on any atom is 0.202 e. The lowest BCUT2D eigenvalue weighted by atomic mass is 9.92. The van der Waals surface area contributed by atoms with Crippen LogP contribution < -0.4 is 4.74 Å². The summed E-state index contributed by atoms with van der Waals surface area (Å²) >= 11 is 0. The lowest BCUT2D eigenvalue weighted by molar-refractivity contribution is 0.0204. The highest BCUT2D eigenvalue weighted by Crippen LogP contribution is 2.40. The highest BCUT2D eigenvalue weighted by atomic mass is 16.5. The first-order valence-electron chi connectivity index (χ1n) is 6.08. The van der Waals surface area contributed by atoms with Gasteiger partial charge in [0, 0.05) is 5.56 Å². The molecule has 2 atom stereocenters. The SMILES string of the molecule is O=C1c2c(O)cccc2OC(c2ccccc2O)C1O. The van der Waals surface area contributed by atoms with E-state index < -0.39 is 18.0 Å². The number of phenols is 2. The standard InChI is InChI=1S/C15H12O5/c16-9-5-2-1-4-8(9)15-14(19)13(18)12-10(17)6-3-7-11(12)20-15/h1-7,14-17,19H. The molecule has 3 rings (SSSR count). The number of hydrogen-bond acceptors (Lipinski definition) is 5. The molecule has 20 heavy (non-hydrogen) atoms. The second-order valence-electron chi connectivity index (χ2n) is 4.56. The molecule has 5 heteroatoms. The fraction of sp³-hybridized carbons (Fsp3) is 0.133. The van der Waals surface area contributed by atoms with Crippen LogP contribution in [-0.2, 0) is 0 Å². The zero-order valence-corrected chi connectivity index (χ0v) is 10.4. The van der Waals surface area contributed by atoms with Crippen LogP contribution in [0.5, 0.6) is 17.2 Å². The number of ether oxygens (including phenoxy) is 1. The largest absolute Gasteiger partial charge is 0.508 e. The molecule has 1 heterocycles. The number of ketones is 1. The van der Waals surface area contributed by atoms with E-state index in [4.69, 9.17) is 4.74 Å². The number of fused-ring (bicyclic) bond motifs is 1. The van der Waals surface area contributed by atoms with Gasteiger partial charge in [0.25, 0.3) is 0 Å². The Morgan fingerprint density at radius 3 is 2.40 bits per heavy atom. The summed E-state index contributed by atoms with van der Waals surface area (Å²) in [6.07, 6.45) is -2.48. The summed E-state index contributed by atoms with van der Waals surface area (Å²) in [5.41, 5.74) is 0.286. The molecule has 1 aliphatic rings. The van der Waals surface area contributed by atoms with E-state index in [1.54, 1.807) is 24.3 Å². The van der Waals surface area contributed by atoms with Gasteiger partial charge < -0.3 is 20.1 Å². The lowest BCUT2D eigenvalue weighted by Crippen LogP contribution is -2.36. The smallest absolute Gasteiger partial charge is 0.202 e. The van der Waals surface area contributed by atoms with Gasteiger partial charge in [0.05, 0.1) is 0 Å². The Balaban J connectivity index is 2.10. The molecule has 2 unspecified atom stereocenters. The summed E-state index contributed by atoms with van der Waals surface area (Å²) < 4.78 is 5.57. The Morgan fingerprint density at radius 1 is 0.950 bits per heavy atom.